The van der Waals surface area contributed by atoms with Gasteiger partial charge in [0.15, 0.2) is 0 Å². The van der Waals surface area contributed by atoms with Crippen molar-refractivity contribution in [1.82, 2.24) is 9.80 Å². The van der Waals surface area contributed by atoms with Crippen LogP contribution in [0.3, 0.4) is 0 Å². The molecule has 0 aromatic carbocycles. The van der Waals surface area contributed by atoms with E-state index in [0.717, 1.165) is 0 Å². The highest BCUT2D eigenvalue weighted by Crippen LogP contribution is 2.01. The van der Waals surface area contributed by atoms with Crippen LogP contribution in [0.25, 0.3) is 0 Å². The monoisotopic (exact) mass is 188 g/mol. The normalized spacial score (nSPS) is 17.2. The number of morpholine rings is 1. The molecule has 2 amide bonds. The number of methoxy groups -OCH3 is 1. The van der Waals surface area contributed by atoms with Crippen molar-refractivity contribution in [3.8, 4) is 0 Å². The van der Waals surface area contributed by atoms with E-state index in [0.29, 0.717) is 33.0 Å². The summed E-state index contributed by atoms with van der Waals surface area (Å²) in [5, 5.41) is 0. The van der Waals surface area contributed by atoms with Gasteiger partial charge in [0.1, 0.15) is 6.73 Å². The van der Waals surface area contributed by atoms with Gasteiger partial charge in [0, 0.05) is 27.2 Å². The van der Waals surface area contributed by atoms with Crippen LogP contribution in [0.5, 0.6) is 0 Å². The summed E-state index contributed by atoms with van der Waals surface area (Å²) in [6.07, 6.45) is 0. The lowest BCUT2D eigenvalue weighted by molar-refractivity contribution is 0.0310. The molecule has 0 atom stereocenters. The van der Waals surface area contributed by atoms with E-state index in [9.17, 15) is 4.79 Å². The fraction of sp³-hybridized carbons (Fsp3) is 0.875. The fourth-order valence-corrected chi connectivity index (χ4v) is 1.24. The van der Waals surface area contributed by atoms with Crippen molar-refractivity contribution >= 4 is 6.03 Å². The first-order valence-corrected chi connectivity index (χ1v) is 4.32. The summed E-state index contributed by atoms with van der Waals surface area (Å²) >= 11 is 0. The van der Waals surface area contributed by atoms with Crippen molar-refractivity contribution in [1.29, 1.82) is 0 Å². The molecule has 1 fully saturated rings. The first-order valence-electron chi connectivity index (χ1n) is 4.32. The third-order valence-corrected chi connectivity index (χ3v) is 1.93. The van der Waals surface area contributed by atoms with E-state index in [4.69, 9.17) is 9.47 Å². The van der Waals surface area contributed by atoms with E-state index in [2.05, 4.69) is 0 Å². The molecule has 13 heavy (non-hydrogen) atoms. The standard InChI is InChI=1S/C8H16N2O3/c1-9(7-12-2)8(11)10-3-5-13-6-4-10/h3-7H2,1-2H3. The second-order valence-corrected chi connectivity index (χ2v) is 3.00. The maximum atomic E-state index is 11.6. The number of hydrogen-bond acceptors (Lipinski definition) is 3. The molecular formula is C8H16N2O3. The summed E-state index contributed by atoms with van der Waals surface area (Å²) in [6, 6.07) is 0.00477. The van der Waals surface area contributed by atoms with Crippen molar-refractivity contribution in [2.75, 3.05) is 47.2 Å². The minimum absolute atomic E-state index is 0.00477. The zero-order valence-electron chi connectivity index (χ0n) is 8.15. The number of nitrogens with zero attached hydrogens (tertiary/aromatic N) is 2. The Bertz CT molecular complexity index is 169. The van der Waals surface area contributed by atoms with Gasteiger partial charge >= 0.3 is 6.03 Å². The molecule has 0 unspecified atom stereocenters. The van der Waals surface area contributed by atoms with Crippen LogP contribution in [0.4, 0.5) is 4.79 Å². The Morgan fingerprint density at radius 1 is 1.54 bits per heavy atom. The molecule has 1 aliphatic rings. The Balaban J connectivity index is 2.36. The van der Waals surface area contributed by atoms with Crippen molar-refractivity contribution < 1.29 is 14.3 Å². The Kier molecular flexibility index (Phi) is 3.98. The second kappa shape index (κ2) is 5.04. The van der Waals surface area contributed by atoms with Gasteiger partial charge in [-0.2, -0.15) is 0 Å². The lowest BCUT2D eigenvalue weighted by Crippen LogP contribution is -2.47. The van der Waals surface area contributed by atoms with Crippen molar-refractivity contribution in [3.63, 3.8) is 0 Å². The quantitative estimate of drug-likeness (QED) is 0.572. The fourth-order valence-electron chi connectivity index (χ4n) is 1.24. The summed E-state index contributed by atoms with van der Waals surface area (Å²) in [4.78, 5) is 14.9. The maximum Gasteiger partial charge on any atom is 0.321 e. The number of urea groups is 1. The molecule has 1 saturated heterocycles. The van der Waals surface area contributed by atoms with Gasteiger partial charge in [0.2, 0.25) is 0 Å². The zero-order chi connectivity index (χ0) is 9.68. The Hall–Kier alpha value is -0.810. The molecule has 0 aromatic heterocycles. The number of carbonyl (C=O) groups excluding carboxylic acids is 1. The summed E-state index contributed by atoms with van der Waals surface area (Å²) in [5.74, 6) is 0. The van der Waals surface area contributed by atoms with Crippen LogP contribution in [-0.2, 0) is 9.47 Å². The van der Waals surface area contributed by atoms with E-state index in [1.165, 1.54) is 0 Å². The first kappa shape index (κ1) is 10.3. The van der Waals surface area contributed by atoms with Crippen LogP contribution >= 0.6 is 0 Å². The molecule has 76 valence electrons. The second-order valence-electron chi connectivity index (χ2n) is 3.00. The molecule has 1 aliphatic heterocycles. The van der Waals surface area contributed by atoms with Crippen LogP contribution in [0.15, 0.2) is 0 Å². The number of hydrogen-bond donors (Lipinski definition) is 0. The highest BCUT2D eigenvalue weighted by molar-refractivity contribution is 5.74. The van der Waals surface area contributed by atoms with Crippen LogP contribution in [-0.4, -0.2) is 63.0 Å². The van der Waals surface area contributed by atoms with Gasteiger partial charge < -0.3 is 19.3 Å². The Morgan fingerprint density at radius 3 is 2.69 bits per heavy atom. The predicted octanol–water partition coefficient (Wildman–Crippen LogP) is -0.0257. The van der Waals surface area contributed by atoms with Gasteiger partial charge in [-0.3, -0.25) is 0 Å². The van der Waals surface area contributed by atoms with Crippen LogP contribution in [0.2, 0.25) is 0 Å². The number of carbonyl (C=O) groups is 1. The number of ether oxygens (including phenoxy) is 2. The van der Waals surface area contributed by atoms with Gasteiger partial charge in [-0.25, -0.2) is 4.79 Å². The summed E-state index contributed by atoms with van der Waals surface area (Å²) in [5.41, 5.74) is 0. The molecule has 0 N–H and O–H groups in total. The maximum absolute atomic E-state index is 11.6. The average molecular weight is 188 g/mol. The molecule has 0 aromatic rings. The van der Waals surface area contributed by atoms with Crippen LogP contribution in [0, 0.1) is 0 Å². The number of amides is 2. The van der Waals surface area contributed by atoms with Crippen LogP contribution in [0.1, 0.15) is 0 Å². The Labute approximate surface area is 78.2 Å². The first-order chi connectivity index (χ1) is 6.25. The third kappa shape index (κ3) is 2.86. The molecule has 1 heterocycles. The molecule has 0 spiro atoms. The van der Waals surface area contributed by atoms with Crippen molar-refractivity contribution in [2.45, 2.75) is 0 Å². The van der Waals surface area contributed by atoms with Gasteiger partial charge in [0.05, 0.1) is 13.2 Å². The molecule has 0 saturated carbocycles. The Morgan fingerprint density at radius 2 is 2.15 bits per heavy atom. The van der Waals surface area contributed by atoms with E-state index in [1.807, 2.05) is 0 Å². The van der Waals surface area contributed by atoms with Gasteiger partial charge in [-0.05, 0) is 0 Å². The predicted molar refractivity (Wildman–Crippen MR) is 47.4 cm³/mol. The minimum Gasteiger partial charge on any atom is -0.378 e. The highest BCUT2D eigenvalue weighted by atomic mass is 16.5. The summed E-state index contributed by atoms with van der Waals surface area (Å²) in [7, 11) is 3.30. The van der Waals surface area contributed by atoms with Gasteiger partial charge in [0.25, 0.3) is 0 Å². The van der Waals surface area contributed by atoms with Crippen LogP contribution < -0.4 is 0 Å². The third-order valence-electron chi connectivity index (χ3n) is 1.93. The molecule has 0 bridgehead atoms. The minimum atomic E-state index is 0.00477. The van der Waals surface area contributed by atoms with E-state index < -0.39 is 0 Å². The summed E-state index contributed by atoms with van der Waals surface area (Å²) in [6.45, 7) is 2.94. The molecule has 0 radical (unpaired) electrons. The SMILES string of the molecule is COCN(C)C(=O)N1CCOCC1. The number of rotatable bonds is 2. The summed E-state index contributed by atoms with van der Waals surface area (Å²) < 4.78 is 10.0. The molecule has 5 heteroatoms. The largest absolute Gasteiger partial charge is 0.378 e. The molecular weight excluding hydrogens is 172 g/mol. The molecule has 0 aliphatic carbocycles. The van der Waals surface area contributed by atoms with Gasteiger partial charge in [-0.1, -0.05) is 0 Å². The lowest BCUT2D eigenvalue weighted by atomic mass is 10.4. The van der Waals surface area contributed by atoms with Crippen molar-refractivity contribution in [3.05, 3.63) is 0 Å². The molecule has 5 nitrogen and oxygen atoms in total. The van der Waals surface area contributed by atoms with Crippen molar-refractivity contribution in [2.24, 2.45) is 0 Å². The molecule has 1 rings (SSSR count). The van der Waals surface area contributed by atoms with Gasteiger partial charge in [-0.15, -0.1) is 0 Å². The average Bonchev–Trinajstić information content (AvgIpc) is 2.18. The van der Waals surface area contributed by atoms with E-state index in [1.54, 1.807) is 24.0 Å². The lowest BCUT2D eigenvalue weighted by Gasteiger charge is -2.30. The van der Waals surface area contributed by atoms with E-state index in [-0.39, 0.29) is 6.03 Å². The topological polar surface area (TPSA) is 42.0 Å². The zero-order valence-corrected chi connectivity index (χ0v) is 8.15. The smallest absolute Gasteiger partial charge is 0.321 e. The highest BCUT2D eigenvalue weighted by Gasteiger charge is 2.19. The van der Waals surface area contributed by atoms with E-state index >= 15 is 0 Å².